The van der Waals surface area contributed by atoms with Gasteiger partial charge in [0.05, 0.1) is 11.6 Å². The van der Waals surface area contributed by atoms with Crippen molar-refractivity contribution in [1.29, 1.82) is 0 Å². The molecule has 0 spiro atoms. The third-order valence-electron chi connectivity index (χ3n) is 1.43. The second kappa shape index (κ2) is 4.45. The van der Waals surface area contributed by atoms with Gasteiger partial charge in [0.25, 0.3) is 0 Å². The average Bonchev–Trinajstić information content (AvgIpc) is 2.07. The predicted octanol–water partition coefficient (Wildman–Crippen LogP) is 1.81. The van der Waals surface area contributed by atoms with Gasteiger partial charge in [0.1, 0.15) is 5.75 Å². The van der Waals surface area contributed by atoms with E-state index in [1.54, 1.807) is 13.2 Å². The van der Waals surface area contributed by atoms with Crippen LogP contribution in [0.2, 0.25) is 0 Å². The van der Waals surface area contributed by atoms with Crippen LogP contribution in [-0.2, 0) is 11.4 Å². The van der Waals surface area contributed by atoms with Gasteiger partial charge in [-0.05, 0) is 33.6 Å². The molecule has 66 valence electrons. The van der Waals surface area contributed by atoms with Gasteiger partial charge in [-0.1, -0.05) is 6.07 Å². The van der Waals surface area contributed by atoms with Crippen LogP contribution in [0.25, 0.3) is 0 Å². The number of nitrogens with one attached hydrogen (secondary N) is 1. The summed E-state index contributed by atoms with van der Waals surface area (Å²) < 4.78 is 0.693. The maximum Gasteiger partial charge on any atom is 0.129 e. The lowest BCUT2D eigenvalue weighted by atomic mass is 10.2. The van der Waals surface area contributed by atoms with Gasteiger partial charge in [-0.3, -0.25) is 0 Å². The maximum atomic E-state index is 9.17. The highest BCUT2D eigenvalue weighted by Crippen LogP contribution is 2.23. The zero-order valence-electron chi connectivity index (χ0n) is 6.67. The molecule has 0 radical (unpaired) electrons. The van der Waals surface area contributed by atoms with E-state index in [9.17, 15) is 5.11 Å². The molecule has 0 fully saturated rings. The summed E-state index contributed by atoms with van der Waals surface area (Å²) in [5, 5.41) is 9.17. The van der Waals surface area contributed by atoms with Crippen molar-refractivity contribution in [1.82, 2.24) is 5.48 Å². The molecule has 0 saturated heterocycles. The third kappa shape index (κ3) is 2.48. The Kier molecular flexibility index (Phi) is 3.52. The van der Waals surface area contributed by atoms with Gasteiger partial charge in [-0.25, -0.2) is 0 Å². The van der Waals surface area contributed by atoms with E-state index in [1.165, 1.54) is 0 Å². The predicted molar refractivity (Wildman–Crippen MR) is 49.7 cm³/mol. The number of hydroxylamine groups is 1. The van der Waals surface area contributed by atoms with E-state index in [-0.39, 0.29) is 5.75 Å². The lowest BCUT2D eigenvalue weighted by Gasteiger charge is -2.03. The second-order valence-electron chi connectivity index (χ2n) is 2.31. The van der Waals surface area contributed by atoms with Crippen LogP contribution in [0, 0.1) is 0 Å². The minimum atomic E-state index is 0.246. The smallest absolute Gasteiger partial charge is 0.129 e. The van der Waals surface area contributed by atoms with E-state index in [4.69, 9.17) is 0 Å². The van der Waals surface area contributed by atoms with Gasteiger partial charge >= 0.3 is 0 Å². The molecule has 1 rings (SSSR count). The zero-order chi connectivity index (χ0) is 8.97. The van der Waals surface area contributed by atoms with E-state index in [0.717, 1.165) is 5.56 Å². The molecule has 1 aromatic carbocycles. The fourth-order valence-electron chi connectivity index (χ4n) is 0.816. The van der Waals surface area contributed by atoms with Crippen LogP contribution in [0.15, 0.2) is 22.7 Å². The van der Waals surface area contributed by atoms with Crippen LogP contribution in [0.1, 0.15) is 5.56 Å². The molecule has 0 bridgehead atoms. The highest BCUT2D eigenvalue weighted by Gasteiger charge is 1.98. The van der Waals surface area contributed by atoms with E-state index >= 15 is 0 Å². The second-order valence-corrected chi connectivity index (χ2v) is 3.17. The zero-order valence-corrected chi connectivity index (χ0v) is 8.26. The molecule has 0 amide bonds. The number of phenols is 1. The minimum absolute atomic E-state index is 0.246. The highest BCUT2D eigenvalue weighted by atomic mass is 79.9. The lowest BCUT2D eigenvalue weighted by Crippen LogP contribution is -2.10. The van der Waals surface area contributed by atoms with Crippen molar-refractivity contribution in [2.24, 2.45) is 0 Å². The molecule has 0 aliphatic rings. The first kappa shape index (κ1) is 9.51. The Morgan fingerprint density at radius 3 is 2.92 bits per heavy atom. The topological polar surface area (TPSA) is 41.5 Å². The molecule has 1 aromatic rings. The van der Waals surface area contributed by atoms with Gasteiger partial charge in [-0.15, -0.1) is 0 Å². The van der Waals surface area contributed by atoms with Crippen LogP contribution in [0.5, 0.6) is 5.75 Å². The Bertz CT molecular complexity index is 265. The maximum absolute atomic E-state index is 9.17. The van der Waals surface area contributed by atoms with Crippen LogP contribution < -0.4 is 5.48 Å². The van der Waals surface area contributed by atoms with Crippen molar-refractivity contribution in [2.45, 2.75) is 6.54 Å². The lowest BCUT2D eigenvalue weighted by molar-refractivity contribution is 0.0867. The van der Waals surface area contributed by atoms with Crippen molar-refractivity contribution in [3.05, 3.63) is 28.2 Å². The van der Waals surface area contributed by atoms with E-state index < -0.39 is 0 Å². The van der Waals surface area contributed by atoms with E-state index in [2.05, 4.69) is 26.2 Å². The number of benzene rings is 1. The van der Waals surface area contributed by atoms with E-state index in [0.29, 0.717) is 11.0 Å². The van der Waals surface area contributed by atoms with Crippen LogP contribution in [-0.4, -0.2) is 12.2 Å². The molecule has 12 heavy (non-hydrogen) atoms. The fourth-order valence-corrected chi connectivity index (χ4v) is 1.24. The Labute approximate surface area is 79.4 Å². The number of hydrogen-bond acceptors (Lipinski definition) is 3. The molecule has 2 N–H and O–H groups in total. The quantitative estimate of drug-likeness (QED) is 0.781. The Morgan fingerprint density at radius 2 is 2.33 bits per heavy atom. The molecule has 0 saturated carbocycles. The van der Waals surface area contributed by atoms with E-state index in [1.807, 2.05) is 12.1 Å². The van der Waals surface area contributed by atoms with Crippen molar-refractivity contribution in [3.8, 4) is 5.75 Å². The van der Waals surface area contributed by atoms with Crippen molar-refractivity contribution >= 4 is 15.9 Å². The normalized spacial score (nSPS) is 10.2. The SMILES string of the molecule is CONCc1ccc(O)c(Br)c1. The largest absolute Gasteiger partial charge is 0.507 e. The van der Waals surface area contributed by atoms with Gasteiger partial charge in [0.2, 0.25) is 0 Å². The molecule has 3 nitrogen and oxygen atoms in total. The molecular formula is C8H10BrNO2. The number of aromatic hydroxyl groups is 1. The summed E-state index contributed by atoms with van der Waals surface area (Å²) in [6, 6.07) is 5.30. The molecular weight excluding hydrogens is 222 g/mol. The Balaban J connectivity index is 2.69. The number of phenolic OH excluding ortho intramolecular Hbond substituents is 1. The van der Waals surface area contributed by atoms with Crippen LogP contribution in [0.3, 0.4) is 0 Å². The van der Waals surface area contributed by atoms with Crippen molar-refractivity contribution in [2.75, 3.05) is 7.11 Å². The fraction of sp³-hybridized carbons (Fsp3) is 0.250. The van der Waals surface area contributed by atoms with Crippen LogP contribution >= 0.6 is 15.9 Å². The molecule has 0 aliphatic heterocycles. The van der Waals surface area contributed by atoms with Crippen LogP contribution in [0.4, 0.5) is 0 Å². The standard InChI is InChI=1S/C8H10BrNO2/c1-12-10-5-6-2-3-8(11)7(9)4-6/h2-4,10-11H,5H2,1H3. The van der Waals surface area contributed by atoms with Gasteiger partial charge in [0, 0.05) is 6.54 Å². The van der Waals surface area contributed by atoms with Crippen molar-refractivity contribution in [3.63, 3.8) is 0 Å². The van der Waals surface area contributed by atoms with Crippen molar-refractivity contribution < 1.29 is 9.94 Å². The summed E-state index contributed by atoms with van der Waals surface area (Å²) >= 11 is 3.22. The highest BCUT2D eigenvalue weighted by molar-refractivity contribution is 9.10. The molecule has 4 heteroatoms. The minimum Gasteiger partial charge on any atom is -0.507 e. The molecule has 0 heterocycles. The first-order valence-corrected chi connectivity index (χ1v) is 4.26. The van der Waals surface area contributed by atoms with Gasteiger partial charge in [-0.2, -0.15) is 5.48 Å². The summed E-state index contributed by atoms with van der Waals surface area (Å²) in [5.41, 5.74) is 3.75. The summed E-state index contributed by atoms with van der Waals surface area (Å²) in [4.78, 5) is 4.69. The molecule has 0 aromatic heterocycles. The number of halogens is 1. The summed E-state index contributed by atoms with van der Waals surface area (Å²) in [6.07, 6.45) is 0. The number of rotatable bonds is 3. The first-order chi connectivity index (χ1) is 5.74. The molecule has 0 aliphatic carbocycles. The molecule has 0 unspecified atom stereocenters. The first-order valence-electron chi connectivity index (χ1n) is 3.47. The average molecular weight is 232 g/mol. The third-order valence-corrected chi connectivity index (χ3v) is 2.07. The van der Waals surface area contributed by atoms with Gasteiger partial charge < -0.3 is 9.94 Å². The summed E-state index contributed by atoms with van der Waals surface area (Å²) in [7, 11) is 1.56. The number of hydrogen-bond donors (Lipinski definition) is 2. The van der Waals surface area contributed by atoms with Gasteiger partial charge in [0.15, 0.2) is 0 Å². The monoisotopic (exact) mass is 231 g/mol. The Morgan fingerprint density at radius 1 is 1.58 bits per heavy atom. The summed E-state index contributed by atoms with van der Waals surface area (Å²) in [6.45, 7) is 0.620. The molecule has 0 atom stereocenters. The Hall–Kier alpha value is -0.580. The summed E-state index contributed by atoms with van der Waals surface area (Å²) in [5.74, 6) is 0.246.